The van der Waals surface area contributed by atoms with Crippen LogP contribution in [0.1, 0.15) is 43.6 Å². The van der Waals surface area contributed by atoms with Gasteiger partial charge in [-0.3, -0.25) is 0 Å². The highest BCUT2D eigenvalue weighted by Gasteiger charge is 2.37. The first-order valence-electron chi connectivity index (χ1n) is 6.72. The summed E-state index contributed by atoms with van der Waals surface area (Å²) in [4.78, 5) is 0. The minimum Gasteiger partial charge on any atom is -0.314 e. The first-order valence-corrected chi connectivity index (χ1v) is 6.72. The van der Waals surface area contributed by atoms with Crippen LogP contribution >= 0.6 is 0 Å². The molecule has 1 aromatic rings. The summed E-state index contributed by atoms with van der Waals surface area (Å²) in [6.07, 6.45) is 7.03. The molecule has 1 aromatic carbocycles. The lowest BCUT2D eigenvalue weighted by atomic mass is 10.1. The molecule has 0 amide bonds. The first-order chi connectivity index (χ1) is 7.93. The summed E-state index contributed by atoms with van der Waals surface area (Å²) in [5.41, 5.74) is 1.56. The molecule has 1 N–H and O–H groups in total. The van der Waals surface area contributed by atoms with Gasteiger partial charge in [0.1, 0.15) is 0 Å². The van der Waals surface area contributed by atoms with Gasteiger partial charge in [-0.15, -0.1) is 0 Å². The zero-order valence-electron chi connectivity index (χ0n) is 9.86. The fourth-order valence-electron chi connectivity index (χ4n) is 2.63. The lowest BCUT2D eigenvalue weighted by molar-refractivity contribution is 0.585. The molecule has 0 radical (unpaired) electrons. The molecule has 86 valence electrons. The average molecular weight is 215 g/mol. The van der Waals surface area contributed by atoms with E-state index in [2.05, 4.69) is 35.6 Å². The molecule has 0 aliphatic heterocycles. The molecule has 3 rings (SSSR count). The van der Waals surface area contributed by atoms with Crippen LogP contribution in [0.2, 0.25) is 0 Å². The quantitative estimate of drug-likeness (QED) is 0.718. The summed E-state index contributed by atoms with van der Waals surface area (Å²) < 4.78 is 0. The Hall–Kier alpha value is -0.820. The van der Waals surface area contributed by atoms with E-state index in [-0.39, 0.29) is 0 Å². The molecule has 0 bridgehead atoms. The molecular formula is C15H21N. The van der Waals surface area contributed by atoms with Gasteiger partial charge in [-0.1, -0.05) is 30.3 Å². The average Bonchev–Trinajstić information content (AvgIpc) is 3.21. The van der Waals surface area contributed by atoms with E-state index < -0.39 is 0 Å². The van der Waals surface area contributed by atoms with Crippen LogP contribution in [0.4, 0.5) is 0 Å². The third-order valence-electron chi connectivity index (χ3n) is 3.91. The first kappa shape index (κ1) is 10.3. The van der Waals surface area contributed by atoms with E-state index in [1.807, 2.05) is 0 Å². The van der Waals surface area contributed by atoms with Crippen molar-refractivity contribution in [3.8, 4) is 0 Å². The van der Waals surface area contributed by atoms with Crippen LogP contribution in [-0.2, 0) is 0 Å². The Morgan fingerprint density at radius 2 is 1.94 bits per heavy atom. The summed E-state index contributed by atoms with van der Waals surface area (Å²) in [5, 5.41) is 3.59. The predicted octanol–water partition coefficient (Wildman–Crippen LogP) is 3.32. The zero-order valence-corrected chi connectivity index (χ0v) is 9.86. The van der Waals surface area contributed by atoms with Crippen LogP contribution in [-0.4, -0.2) is 12.6 Å². The van der Waals surface area contributed by atoms with Crippen molar-refractivity contribution in [2.45, 2.75) is 44.1 Å². The van der Waals surface area contributed by atoms with Gasteiger partial charge in [0.05, 0.1) is 0 Å². The lowest BCUT2D eigenvalue weighted by Gasteiger charge is -2.02. The number of hydrogen-bond acceptors (Lipinski definition) is 1. The second-order valence-corrected chi connectivity index (χ2v) is 5.38. The van der Waals surface area contributed by atoms with Gasteiger partial charge >= 0.3 is 0 Å². The van der Waals surface area contributed by atoms with Gasteiger partial charge in [0.25, 0.3) is 0 Å². The molecule has 2 aliphatic carbocycles. The van der Waals surface area contributed by atoms with Gasteiger partial charge in [-0.2, -0.15) is 0 Å². The Bertz CT molecular complexity index is 329. The molecule has 2 fully saturated rings. The van der Waals surface area contributed by atoms with Crippen molar-refractivity contribution in [1.82, 2.24) is 5.32 Å². The fourth-order valence-corrected chi connectivity index (χ4v) is 2.63. The maximum Gasteiger partial charge on any atom is 0.00682 e. The Labute approximate surface area is 98.3 Å². The van der Waals surface area contributed by atoms with Crippen molar-refractivity contribution < 1.29 is 0 Å². The van der Waals surface area contributed by atoms with Crippen molar-refractivity contribution >= 4 is 0 Å². The summed E-state index contributed by atoms with van der Waals surface area (Å²) in [7, 11) is 0. The number of hydrogen-bond donors (Lipinski definition) is 1. The van der Waals surface area contributed by atoms with E-state index >= 15 is 0 Å². The molecule has 2 unspecified atom stereocenters. The second kappa shape index (κ2) is 4.58. The van der Waals surface area contributed by atoms with E-state index in [1.165, 1.54) is 38.6 Å². The Kier molecular flexibility index (Phi) is 2.96. The minimum atomic E-state index is 0.877. The van der Waals surface area contributed by atoms with E-state index in [4.69, 9.17) is 0 Å². The summed E-state index contributed by atoms with van der Waals surface area (Å²) in [5.74, 6) is 1.85. The number of rotatable bonds is 6. The Morgan fingerprint density at radius 1 is 1.12 bits per heavy atom. The van der Waals surface area contributed by atoms with Crippen LogP contribution in [0, 0.1) is 5.92 Å². The van der Waals surface area contributed by atoms with E-state index in [9.17, 15) is 0 Å². The summed E-state index contributed by atoms with van der Waals surface area (Å²) >= 11 is 0. The van der Waals surface area contributed by atoms with Gasteiger partial charge in [0.2, 0.25) is 0 Å². The summed E-state index contributed by atoms with van der Waals surface area (Å²) in [6.45, 7) is 1.24. The van der Waals surface area contributed by atoms with Crippen molar-refractivity contribution in [3.63, 3.8) is 0 Å². The van der Waals surface area contributed by atoms with Crippen LogP contribution in [0.25, 0.3) is 0 Å². The highest BCUT2D eigenvalue weighted by Crippen LogP contribution is 2.49. The largest absolute Gasteiger partial charge is 0.314 e. The molecular weight excluding hydrogens is 194 g/mol. The predicted molar refractivity (Wildman–Crippen MR) is 67.5 cm³/mol. The van der Waals surface area contributed by atoms with Crippen molar-refractivity contribution in [1.29, 1.82) is 0 Å². The van der Waals surface area contributed by atoms with Crippen LogP contribution in [0.5, 0.6) is 0 Å². The Balaban J connectivity index is 1.36. The van der Waals surface area contributed by atoms with Gasteiger partial charge in [-0.05, 0) is 56.0 Å². The molecule has 0 spiro atoms. The van der Waals surface area contributed by atoms with Crippen LogP contribution < -0.4 is 5.32 Å². The van der Waals surface area contributed by atoms with E-state index in [1.54, 1.807) is 5.56 Å². The SMILES string of the molecule is c1ccc(C2CC2CCCNC2CC2)cc1. The zero-order chi connectivity index (χ0) is 10.8. The third kappa shape index (κ3) is 2.65. The normalized spacial score (nSPS) is 28.0. The van der Waals surface area contributed by atoms with Crippen LogP contribution in [0.15, 0.2) is 30.3 Å². The van der Waals surface area contributed by atoms with Gasteiger partial charge < -0.3 is 5.32 Å². The maximum atomic E-state index is 3.59. The minimum absolute atomic E-state index is 0.877. The molecule has 1 nitrogen and oxygen atoms in total. The number of benzene rings is 1. The maximum absolute atomic E-state index is 3.59. The van der Waals surface area contributed by atoms with Crippen molar-refractivity contribution in [3.05, 3.63) is 35.9 Å². The molecule has 1 heteroatoms. The molecule has 0 heterocycles. The Morgan fingerprint density at radius 3 is 2.69 bits per heavy atom. The molecule has 16 heavy (non-hydrogen) atoms. The monoisotopic (exact) mass is 215 g/mol. The van der Waals surface area contributed by atoms with E-state index in [0.29, 0.717) is 0 Å². The molecule has 0 saturated heterocycles. The van der Waals surface area contributed by atoms with E-state index in [0.717, 1.165) is 17.9 Å². The summed E-state index contributed by atoms with van der Waals surface area (Å²) in [6, 6.07) is 11.9. The highest BCUT2D eigenvalue weighted by molar-refractivity contribution is 5.25. The number of nitrogens with one attached hydrogen (secondary N) is 1. The molecule has 2 atom stereocenters. The van der Waals surface area contributed by atoms with Gasteiger partial charge in [-0.25, -0.2) is 0 Å². The van der Waals surface area contributed by atoms with Crippen molar-refractivity contribution in [2.24, 2.45) is 5.92 Å². The highest BCUT2D eigenvalue weighted by atomic mass is 14.9. The van der Waals surface area contributed by atoms with Gasteiger partial charge in [0.15, 0.2) is 0 Å². The standard InChI is InChI=1S/C15H21N/c1-2-5-12(6-3-1)15-11-13(15)7-4-10-16-14-8-9-14/h1-3,5-6,13-16H,4,7-11H2. The smallest absolute Gasteiger partial charge is 0.00682 e. The fraction of sp³-hybridized carbons (Fsp3) is 0.600. The van der Waals surface area contributed by atoms with Crippen molar-refractivity contribution in [2.75, 3.05) is 6.54 Å². The lowest BCUT2D eigenvalue weighted by Crippen LogP contribution is -2.17. The van der Waals surface area contributed by atoms with Gasteiger partial charge in [0, 0.05) is 6.04 Å². The third-order valence-corrected chi connectivity index (χ3v) is 3.91. The second-order valence-electron chi connectivity index (χ2n) is 5.38. The topological polar surface area (TPSA) is 12.0 Å². The molecule has 2 saturated carbocycles. The molecule has 0 aromatic heterocycles. The van der Waals surface area contributed by atoms with Crippen LogP contribution in [0.3, 0.4) is 0 Å². The molecule has 2 aliphatic rings.